The summed E-state index contributed by atoms with van der Waals surface area (Å²) in [4.78, 5) is 13.4. The number of benzene rings is 1. The van der Waals surface area contributed by atoms with E-state index < -0.39 is 0 Å². The molecule has 0 aromatic heterocycles. The summed E-state index contributed by atoms with van der Waals surface area (Å²) in [5, 5.41) is 0. The molecule has 0 spiro atoms. The van der Waals surface area contributed by atoms with E-state index in [2.05, 4.69) is 30.0 Å². The number of anilines is 1. The first-order chi connectivity index (χ1) is 7.66. The molecule has 0 N–H and O–H groups in total. The third kappa shape index (κ3) is 2.43. The van der Waals surface area contributed by atoms with E-state index >= 15 is 0 Å². The van der Waals surface area contributed by atoms with Gasteiger partial charge in [0.2, 0.25) is 0 Å². The first-order valence-corrected chi connectivity index (χ1v) is 6.01. The van der Waals surface area contributed by atoms with Gasteiger partial charge in [0.25, 0.3) is 0 Å². The number of nitrogens with zero attached hydrogens (tertiary/aromatic N) is 1. The van der Waals surface area contributed by atoms with Gasteiger partial charge in [-0.3, -0.25) is 4.79 Å². The summed E-state index contributed by atoms with van der Waals surface area (Å²) in [6, 6.07) is 6.63. The van der Waals surface area contributed by atoms with Crippen molar-refractivity contribution in [1.82, 2.24) is 0 Å². The Morgan fingerprint density at radius 3 is 3.00 bits per heavy atom. The number of ketones is 1. The van der Waals surface area contributed by atoms with Crippen molar-refractivity contribution >= 4 is 11.5 Å². The number of hydrogen-bond donors (Lipinski definition) is 0. The lowest BCUT2D eigenvalue weighted by Crippen LogP contribution is -2.31. The molecule has 2 nitrogen and oxygen atoms in total. The summed E-state index contributed by atoms with van der Waals surface area (Å²) in [5.74, 6) is 0.277. The van der Waals surface area contributed by atoms with Crippen LogP contribution in [-0.4, -0.2) is 18.9 Å². The third-order valence-corrected chi connectivity index (χ3v) is 3.18. The Bertz CT molecular complexity index is 398. The van der Waals surface area contributed by atoms with Crippen molar-refractivity contribution in [3.05, 3.63) is 29.3 Å². The SMILES string of the molecule is CC(=O)CCN1CCCc2cc(C)ccc21. The maximum Gasteiger partial charge on any atom is 0.131 e. The molecule has 0 fully saturated rings. The lowest BCUT2D eigenvalue weighted by atomic mass is 9.99. The number of fused-ring (bicyclic) bond motifs is 1. The third-order valence-electron chi connectivity index (χ3n) is 3.18. The van der Waals surface area contributed by atoms with Crippen LogP contribution in [0, 0.1) is 6.92 Å². The van der Waals surface area contributed by atoms with Gasteiger partial charge in [-0.25, -0.2) is 0 Å². The molecule has 0 saturated heterocycles. The monoisotopic (exact) mass is 217 g/mol. The number of carbonyl (C=O) groups is 1. The van der Waals surface area contributed by atoms with Crippen molar-refractivity contribution < 1.29 is 4.79 Å². The van der Waals surface area contributed by atoms with E-state index in [1.165, 1.54) is 29.7 Å². The van der Waals surface area contributed by atoms with Gasteiger partial charge < -0.3 is 4.90 Å². The predicted molar refractivity (Wildman–Crippen MR) is 67.0 cm³/mol. The number of carbonyl (C=O) groups excluding carboxylic acids is 1. The number of Topliss-reactive ketones (excluding diaryl/α,β-unsaturated/α-hetero) is 1. The van der Waals surface area contributed by atoms with Crippen molar-refractivity contribution in [2.45, 2.75) is 33.1 Å². The normalized spacial score (nSPS) is 14.8. The average molecular weight is 217 g/mol. The van der Waals surface area contributed by atoms with Crippen LogP contribution in [0.15, 0.2) is 18.2 Å². The fourth-order valence-electron chi connectivity index (χ4n) is 2.33. The molecule has 1 heterocycles. The maximum atomic E-state index is 11.0. The molecular formula is C14H19NO. The average Bonchev–Trinajstić information content (AvgIpc) is 2.25. The van der Waals surface area contributed by atoms with Gasteiger partial charge in [0.15, 0.2) is 0 Å². The van der Waals surface area contributed by atoms with E-state index in [1.807, 2.05) is 0 Å². The second kappa shape index (κ2) is 4.69. The standard InChI is InChI=1S/C14H19NO/c1-11-5-6-14-13(10-11)4-3-8-15(14)9-7-12(2)16/h5-6,10H,3-4,7-9H2,1-2H3. The summed E-state index contributed by atoms with van der Waals surface area (Å²) < 4.78 is 0. The zero-order valence-electron chi connectivity index (χ0n) is 10.1. The van der Waals surface area contributed by atoms with Gasteiger partial charge in [-0.05, 0) is 38.3 Å². The zero-order valence-corrected chi connectivity index (χ0v) is 10.1. The predicted octanol–water partition coefficient (Wildman–Crippen LogP) is 2.73. The van der Waals surface area contributed by atoms with Crippen LogP contribution in [-0.2, 0) is 11.2 Å². The molecule has 1 aromatic rings. The lowest BCUT2D eigenvalue weighted by Gasteiger charge is -2.31. The van der Waals surface area contributed by atoms with E-state index in [9.17, 15) is 4.79 Å². The van der Waals surface area contributed by atoms with Gasteiger partial charge >= 0.3 is 0 Å². The van der Waals surface area contributed by atoms with Crippen molar-refractivity contribution in [3.63, 3.8) is 0 Å². The van der Waals surface area contributed by atoms with Gasteiger partial charge in [0, 0.05) is 25.2 Å². The van der Waals surface area contributed by atoms with Gasteiger partial charge in [-0.15, -0.1) is 0 Å². The van der Waals surface area contributed by atoms with Gasteiger partial charge in [0.1, 0.15) is 5.78 Å². The number of hydrogen-bond acceptors (Lipinski definition) is 2. The van der Waals surface area contributed by atoms with Crippen LogP contribution in [0.4, 0.5) is 5.69 Å². The Balaban J connectivity index is 2.16. The molecule has 0 bridgehead atoms. The Morgan fingerprint density at radius 1 is 1.44 bits per heavy atom. The van der Waals surface area contributed by atoms with Gasteiger partial charge in [-0.1, -0.05) is 17.7 Å². The molecule has 0 radical (unpaired) electrons. The molecule has 16 heavy (non-hydrogen) atoms. The Kier molecular flexibility index (Phi) is 3.28. The van der Waals surface area contributed by atoms with Crippen LogP contribution < -0.4 is 4.90 Å². The van der Waals surface area contributed by atoms with Crippen LogP contribution >= 0.6 is 0 Å². The van der Waals surface area contributed by atoms with Crippen LogP contribution in [0.1, 0.15) is 30.9 Å². The maximum absolute atomic E-state index is 11.0. The molecule has 1 aliphatic rings. The number of aryl methyl sites for hydroxylation is 2. The highest BCUT2D eigenvalue weighted by Crippen LogP contribution is 2.27. The molecule has 1 aliphatic heterocycles. The summed E-state index contributed by atoms with van der Waals surface area (Å²) in [7, 11) is 0. The van der Waals surface area contributed by atoms with Gasteiger partial charge in [0.05, 0.1) is 0 Å². The summed E-state index contributed by atoms with van der Waals surface area (Å²) >= 11 is 0. The molecule has 0 amide bonds. The van der Waals surface area contributed by atoms with Crippen LogP contribution in [0.3, 0.4) is 0 Å². The molecule has 1 aromatic carbocycles. The Morgan fingerprint density at radius 2 is 2.25 bits per heavy atom. The minimum atomic E-state index is 0.277. The minimum absolute atomic E-state index is 0.277. The second-order valence-electron chi connectivity index (χ2n) is 4.67. The molecular weight excluding hydrogens is 198 g/mol. The summed E-state index contributed by atoms with van der Waals surface area (Å²) in [6.45, 7) is 5.75. The van der Waals surface area contributed by atoms with E-state index in [1.54, 1.807) is 6.92 Å². The Labute approximate surface area is 97.3 Å². The van der Waals surface area contributed by atoms with Crippen molar-refractivity contribution in [3.8, 4) is 0 Å². The van der Waals surface area contributed by atoms with Crippen LogP contribution in [0.2, 0.25) is 0 Å². The molecule has 0 aliphatic carbocycles. The first-order valence-electron chi connectivity index (χ1n) is 6.01. The minimum Gasteiger partial charge on any atom is -0.371 e. The van der Waals surface area contributed by atoms with E-state index in [0.29, 0.717) is 6.42 Å². The molecule has 0 saturated carbocycles. The zero-order chi connectivity index (χ0) is 11.5. The van der Waals surface area contributed by atoms with E-state index in [4.69, 9.17) is 0 Å². The highest BCUT2D eigenvalue weighted by atomic mass is 16.1. The molecule has 2 rings (SSSR count). The van der Waals surface area contributed by atoms with Crippen LogP contribution in [0.5, 0.6) is 0 Å². The topological polar surface area (TPSA) is 20.3 Å². The summed E-state index contributed by atoms with van der Waals surface area (Å²) in [5.41, 5.74) is 4.10. The van der Waals surface area contributed by atoms with E-state index in [0.717, 1.165) is 13.1 Å². The smallest absolute Gasteiger partial charge is 0.131 e. The largest absolute Gasteiger partial charge is 0.371 e. The highest BCUT2D eigenvalue weighted by Gasteiger charge is 2.16. The molecule has 2 heteroatoms. The fraction of sp³-hybridized carbons (Fsp3) is 0.500. The second-order valence-corrected chi connectivity index (χ2v) is 4.67. The van der Waals surface area contributed by atoms with Gasteiger partial charge in [-0.2, -0.15) is 0 Å². The number of rotatable bonds is 3. The quantitative estimate of drug-likeness (QED) is 0.776. The summed E-state index contributed by atoms with van der Waals surface area (Å²) in [6.07, 6.45) is 3.04. The molecule has 0 unspecified atom stereocenters. The highest BCUT2D eigenvalue weighted by molar-refractivity contribution is 5.76. The molecule has 86 valence electrons. The van der Waals surface area contributed by atoms with Crippen LogP contribution in [0.25, 0.3) is 0 Å². The first kappa shape index (κ1) is 11.2. The van der Waals surface area contributed by atoms with E-state index in [-0.39, 0.29) is 5.78 Å². The van der Waals surface area contributed by atoms with Crippen molar-refractivity contribution in [2.24, 2.45) is 0 Å². The fourth-order valence-corrected chi connectivity index (χ4v) is 2.33. The van der Waals surface area contributed by atoms with Crippen molar-refractivity contribution in [1.29, 1.82) is 0 Å². The molecule has 0 atom stereocenters. The lowest BCUT2D eigenvalue weighted by molar-refractivity contribution is -0.116. The Hall–Kier alpha value is -1.31. The van der Waals surface area contributed by atoms with Crippen molar-refractivity contribution in [2.75, 3.05) is 18.0 Å².